The Hall–Kier alpha value is -1.40. The summed E-state index contributed by atoms with van der Waals surface area (Å²) in [4.78, 5) is 11.7. The highest BCUT2D eigenvalue weighted by Gasteiger charge is 2.17. The van der Waals surface area contributed by atoms with E-state index in [4.69, 9.17) is 16.7 Å². The van der Waals surface area contributed by atoms with E-state index in [0.29, 0.717) is 6.42 Å². The van der Waals surface area contributed by atoms with Gasteiger partial charge in [0.1, 0.15) is 5.69 Å². The number of amides is 2. The lowest BCUT2D eigenvalue weighted by Crippen LogP contribution is -2.41. The molecule has 0 aliphatic heterocycles. The van der Waals surface area contributed by atoms with Crippen LogP contribution in [0.2, 0.25) is 5.02 Å². The largest absolute Gasteiger partial charge is 0.394 e. The summed E-state index contributed by atoms with van der Waals surface area (Å²) >= 11 is 5.48. The lowest BCUT2D eigenvalue weighted by Gasteiger charge is -2.19. The Balaban J connectivity index is 2.71. The van der Waals surface area contributed by atoms with Gasteiger partial charge in [0.05, 0.1) is 12.6 Å². The second-order valence-electron chi connectivity index (χ2n) is 4.85. The van der Waals surface area contributed by atoms with Crippen molar-refractivity contribution in [2.75, 3.05) is 11.9 Å². The van der Waals surface area contributed by atoms with Gasteiger partial charge in [0.2, 0.25) is 0 Å². The number of nitrogens with one attached hydrogen (secondary N) is 2. The second-order valence-corrected chi connectivity index (χ2v) is 5.29. The van der Waals surface area contributed by atoms with Gasteiger partial charge in [-0.2, -0.15) is 0 Å². The van der Waals surface area contributed by atoms with Gasteiger partial charge in [0.15, 0.2) is 11.6 Å². The Kier molecular flexibility index (Phi) is 6.16. The highest BCUT2D eigenvalue weighted by molar-refractivity contribution is 6.30. The zero-order chi connectivity index (χ0) is 15.3. The molecule has 0 fully saturated rings. The Morgan fingerprint density at radius 2 is 1.90 bits per heavy atom. The molecule has 0 bridgehead atoms. The maximum atomic E-state index is 13.5. The summed E-state index contributed by atoms with van der Waals surface area (Å²) in [5, 5.41) is 13.6. The fourth-order valence-corrected chi connectivity index (χ4v) is 1.94. The molecule has 1 rings (SSSR count). The summed E-state index contributed by atoms with van der Waals surface area (Å²) in [7, 11) is 0. The van der Waals surface area contributed by atoms with Crippen LogP contribution in [0.3, 0.4) is 0 Å². The third-order valence-corrected chi connectivity index (χ3v) is 2.78. The molecule has 7 heteroatoms. The minimum Gasteiger partial charge on any atom is -0.394 e. The van der Waals surface area contributed by atoms with Crippen molar-refractivity contribution in [3.05, 3.63) is 28.8 Å². The molecule has 4 nitrogen and oxygen atoms in total. The van der Waals surface area contributed by atoms with Crippen LogP contribution < -0.4 is 10.6 Å². The van der Waals surface area contributed by atoms with Gasteiger partial charge >= 0.3 is 6.03 Å². The lowest BCUT2D eigenvalue weighted by molar-refractivity contribution is 0.214. The number of aliphatic hydroxyl groups excluding tert-OH is 1. The summed E-state index contributed by atoms with van der Waals surface area (Å²) < 4.78 is 27.0. The molecule has 3 N–H and O–H groups in total. The molecule has 0 aliphatic carbocycles. The number of carbonyl (C=O) groups is 1. The summed E-state index contributed by atoms with van der Waals surface area (Å²) in [6.07, 6.45) is 0.551. The first-order valence-electron chi connectivity index (χ1n) is 6.16. The molecule has 112 valence electrons. The van der Waals surface area contributed by atoms with Crippen LogP contribution in [0.1, 0.15) is 20.3 Å². The monoisotopic (exact) mass is 306 g/mol. The summed E-state index contributed by atoms with van der Waals surface area (Å²) in [6, 6.07) is 0.536. The van der Waals surface area contributed by atoms with Gasteiger partial charge in [-0.25, -0.2) is 13.6 Å². The number of anilines is 1. The average Bonchev–Trinajstić information content (AvgIpc) is 2.32. The Morgan fingerprint density at radius 1 is 1.35 bits per heavy atom. The Morgan fingerprint density at radius 3 is 2.35 bits per heavy atom. The summed E-state index contributed by atoms with van der Waals surface area (Å²) in [5.74, 6) is -1.67. The van der Waals surface area contributed by atoms with Crippen molar-refractivity contribution in [3.63, 3.8) is 0 Å². The van der Waals surface area contributed by atoms with Crippen molar-refractivity contribution in [2.24, 2.45) is 5.92 Å². The first-order chi connectivity index (χ1) is 9.33. The third-order valence-electron chi connectivity index (χ3n) is 2.56. The third kappa shape index (κ3) is 4.94. The van der Waals surface area contributed by atoms with Crippen LogP contribution in [-0.4, -0.2) is 23.8 Å². The predicted molar refractivity (Wildman–Crippen MR) is 73.9 cm³/mol. The van der Waals surface area contributed by atoms with Crippen LogP contribution in [0.15, 0.2) is 12.1 Å². The Bertz CT molecular complexity index is 460. The summed E-state index contributed by atoms with van der Waals surface area (Å²) in [6.45, 7) is 3.61. The molecule has 20 heavy (non-hydrogen) atoms. The number of carbonyl (C=O) groups excluding carboxylic acids is 1. The van der Waals surface area contributed by atoms with E-state index in [9.17, 15) is 13.6 Å². The molecule has 1 aromatic rings. The first kappa shape index (κ1) is 16.7. The summed E-state index contributed by atoms with van der Waals surface area (Å²) in [5.41, 5.74) is -0.576. The van der Waals surface area contributed by atoms with Crippen LogP contribution >= 0.6 is 11.6 Å². The Labute approximate surface area is 121 Å². The maximum absolute atomic E-state index is 13.5. The molecule has 0 saturated carbocycles. The number of urea groups is 1. The van der Waals surface area contributed by atoms with Gasteiger partial charge in [-0.05, 0) is 24.5 Å². The van der Waals surface area contributed by atoms with Crippen LogP contribution in [0.25, 0.3) is 0 Å². The standard InChI is InChI=1S/C13H17ClF2N2O2/c1-7(2)3-9(6-19)17-13(20)18-12-10(15)4-8(14)5-11(12)16/h4-5,7,9,19H,3,6H2,1-2H3,(H2,17,18,20). The minimum atomic E-state index is -0.963. The lowest BCUT2D eigenvalue weighted by atomic mass is 10.0. The number of hydrogen-bond donors (Lipinski definition) is 3. The molecule has 0 heterocycles. The molecular formula is C13H17ClF2N2O2. The number of halogens is 3. The predicted octanol–water partition coefficient (Wildman–Crippen LogP) is 3.15. The first-order valence-corrected chi connectivity index (χ1v) is 6.54. The second kappa shape index (κ2) is 7.40. The molecule has 0 spiro atoms. The average molecular weight is 307 g/mol. The molecule has 1 atom stereocenters. The smallest absolute Gasteiger partial charge is 0.319 e. The van der Waals surface area contributed by atoms with Gasteiger partial charge in [0.25, 0.3) is 0 Å². The van der Waals surface area contributed by atoms with E-state index in [2.05, 4.69) is 10.6 Å². The van der Waals surface area contributed by atoms with Gasteiger partial charge < -0.3 is 15.7 Å². The highest BCUT2D eigenvalue weighted by Crippen LogP contribution is 2.23. The normalized spacial score (nSPS) is 12.3. The van der Waals surface area contributed by atoms with Gasteiger partial charge in [-0.3, -0.25) is 0 Å². The molecule has 2 amide bonds. The molecule has 1 aromatic carbocycles. The van der Waals surface area contributed by atoms with Crippen molar-refractivity contribution in [2.45, 2.75) is 26.3 Å². The van der Waals surface area contributed by atoms with E-state index >= 15 is 0 Å². The molecular weight excluding hydrogens is 290 g/mol. The van der Waals surface area contributed by atoms with E-state index in [1.165, 1.54) is 0 Å². The highest BCUT2D eigenvalue weighted by atomic mass is 35.5. The number of benzene rings is 1. The van der Waals surface area contributed by atoms with Gasteiger partial charge in [0, 0.05) is 5.02 Å². The zero-order valence-corrected chi connectivity index (χ0v) is 12.0. The van der Waals surface area contributed by atoms with Crippen LogP contribution in [0, 0.1) is 17.6 Å². The van der Waals surface area contributed by atoms with E-state index < -0.39 is 29.4 Å². The number of hydrogen-bond acceptors (Lipinski definition) is 2. The molecule has 0 radical (unpaired) electrons. The maximum Gasteiger partial charge on any atom is 0.319 e. The molecule has 0 aromatic heterocycles. The van der Waals surface area contributed by atoms with Crippen molar-refractivity contribution in [1.29, 1.82) is 0 Å². The van der Waals surface area contributed by atoms with E-state index in [-0.39, 0.29) is 17.5 Å². The molecule has 1 unspecified atom stereocenters. The van der Waals surface area contributed by atoms with Crippen molar-refractivity contribution < 1.29 is 18.7 Å². The fraction of sp³-hybridized carbons (Fsp3) is 0.462. The van der Waals surface area contributed by atoms with E-state index in [1.807, 2.05) is 13.8 Å². The van der Waals surface area contributed by atoms with Gasteiger partial charge in [-0.15, -0.1) is 0 Å². The zero-order valence-electron chi connectivity index (χ0n) is 11.2. The molecule has 0 saturated heterocycles. The van der Waals surface area contributed by atoms with Crippen LogP contribution in [0.5, 0.6) is 0 Å². The molecule has 0 aliphatic rings. The fourth-order valence-electron chi connectivity index (χ4n) is 1.74. The van der Waals surface area contributed by atoms with Crippen molar-refractivity contribution >= 4 is 23.3 Å². The minimum absolute atomic E-state index is 0.0981. The van der Waals surface area contributed by atoms with Crippen molar-refractivity contribution in [3.8, 4) is 0 Å². The topological polar surface area (TPSA) is 61.4 Å². The van der Waals surface area contributed by atoms with E-state index in [0.717, 1.165) is 12.1 Å². The SMILES string of the molecule is CC(C)CC(CO)NC(=O)Nc1c(F)cc(Cl)cc1F. The number of aliphatic hydroxyl groups is 1. The van der Waals surface area contributed by atoms with Crippen LogP contribution in [0.4, 0.5) is 19.3 Å². The van der Waals surface area contributed by atoms with Crippen molar-refractivity contribution in [1.82, 2.24) is 5.32 Å². The van der Waals surface area contributed by atoms with E-state index in [1.54, 1.807) is 0 Å². The quantitative estimate of drug-likeness (QED) is 0.782. The van der Waals surface area contributed by atoms with Crippen LogP contribution in [-0.2, 0) is 0 Å². The van der Waals surface area contributed by atoms with Gasteiger partial charge in [-0.1, -0.05) is 25.4 Å². The number of rotatable bonds is 5.